The van der Waals surface area contributed by atoms with E-state index in [0.717, 1.165) is 23.5 Å². The predicted octanol–water partition coefficient (Wildman–Crippen LogP) is 4.32. The van der Waals surface area contributed by atoms with E-state index in [-0.39, 0.29) is 6.61 Å². The molecule has 0 unspecified atom stereocenters. The first-order valence-electron chi connectivity index (χ1n) is 7.11. The summed E-state index contributed by atoms with van der Waals surface area (Å²) in [6.07, 6.45) is 0. The quantitative estimate of drug-likeness (QED) is 0.856. The fourth-order valence-corrected chi connectivity index (χ4v) is 2.05. The van der Waals surface area contributed by atoms with Gasteiger partial charge in [-0.05, 0) is 41.3 Å². The van der Waals surface area contributed by atoms with Gasteiger partial charge >= 0.3 is 0 Å². The lowest BCUT2D eigenvalue weighted by Crippen LogP contribution is -2.00. The Balaban J connectivity index is 1.94. The fourth-order valence-electron chi connectivity index (χ4n) is 2.05. The van der Waals surface area contributed by atoms with Crippen molar-refractivity contribution in [1.29, 1.82) is 5.26 Å². The third kappa shape index (κ3) is 4.54. The van der Waals surface area contributed by atoms with Gasteiger partial charge in [-0.25, -0.2) is 0 Å². The standard InChI is InChI=1S/C18H20N2O/c1-14(2)16-6-8-17(9-7-16)20-13-15-4-3-5-18(12-15)21-11-10-19/h3-9,12,14,20H,11,13H2,1-2H3. The Kier molecular flexibility index (Phi) is 5.22. The van der Waals surface area contributed by atoms with Crippen molar-refractivity contribution in [3.63, 3.8) is 0 Å². The van der Waals surface area contributed by atoms with E-state index in [0.29, 0.717) is 5.92 Å². The van der Waals surface area contributed by atoms with Crippen molar-refractivity contribution in [1.82, 2.24) is 0 Å². The van der Waals surface area contributed by atoms with E-state index in [4.69, 9.17) is 10.00 Å². The molecule has 0 heterocycles. The highest BCUT2D eigenvalue weighted by atomic mass is 16.5. The van der Waals surface area contributed by atoms with Crippen molar-refractivity contribution in [2.45, 2.75) is 26.3 Å². The maximum absolute atomic E-state index is 8.52. The maximum Gasteiger partial charge on any atom is 0.174 e. The van der Waals surface area contributed by atoms with E-state index >= 15 is 0 Å². The second-order valence-electron chi connectivity index (χ2n) is 5.22. The summed E-state index contributed by atoms with van der Waals surface area (Å²) in [4.78, 5) is 0. The first-order valence-corrected chi connectivity index (χ1v) is 7.11. The molecule has 0 radical (unpaired) electrons. The zero-order valence-electron chi connectivity index (χ0n) is 12.5. The number of anilines is 1. The predicted molar refractivity (Wildman–Crippen MR) is 85.4 cm³/mol. The van der Waals surface area contributed by atoms with Crippen molar-refractivity contribution in [2.24, 2.45) is 0 Å². The van der Waals surface area contributed by atoms with Crippen LogP contribution in [0.25, 0.3) is 0 Å². The summed E-state index contributed by atoms with van der Waals surface area (Å²) in [6, 6.07) is 18.3. The highest BCUT2D eigenvalue weighted by Crippen LogP contribution is 2.18. The molecule has 0 aliphatic rings. The van der Waals surface area contributed by atoms with Crippen LogP contribution in [-0.4, -0.2) is 6.61 Å². The molecule has 2 aromatic rings. The minimum atomic E-state index is 0.0769. The van der Waals surface area contributed by atoms with Gasteiger partial charge in [0.25, 0.3) is 0 Å². The van der Waals surface area contributed by atoms with Crippen LogP contribution in [0.2, 0.25) is 0 Å². The smallest absolute Gasteiger partial charge is 0.174 e. The van der Waals surface area contributed by atoms with Gasteiger partial charge in [-0.3, -0.25) is 0 Å². The number of nitrogens with zero attached hydrogens (tertiary/aromatic N) is 1. The summed E-state index contributed by atoms with van der Waals surface area (Å²) in [6.45, 7) is 5.18. The van der Waals surface area contributed by atoms with Crippen LogP contribution >= 0.6 is 0 Å². The topological polar surface area (TPSA) is 45.0 Å². The number of ether oxygens (including phenoxy) is 1. The molecule has 2 rings (SSSR count). The SMILES string of the molecule is CC(C)c1ccc(NCc2cccc(OCC#N)c2)cc1. The van der Waals surface area contributed by atoms with E-state index in [1.807, 2.05) is 30.3 Å². The van der Waals surface area contributed by atoms with Gasteiger partial charge in [-0.2, -0.15) is 5.26 Å². The molecular weight excluding hydrogens is 260 g/mol. The molecule has 2 aromatic carbocycles. The molecule has 0 spiro atoms. The molecule has 0 aliphatic heterocycles. The molecule has 1 N–H and O–H groups in total. The number of benzene rings is 2. The lowest BCUT2D eigenvalue weighted by atomic mass is 10.0. The van der Waals surface area contributed by atoms with E-state index in [2.05, 4.69) is 43.4 Å². The Labute approximate surface area is 126 Å². The van der Waals surface area contributed by atoms with Crippen molar-refractivity contribution in [2.75, 3.05) is 11.9 Å². The summed E-state index contributed by atoms with van der Waals surface area (Å²) < 4.78 is 5.30. The van der Waals surface area contributed by atoms with Crippen LogP contribution in [-0.2, 0) is 6.54 Å². The molecule has 0 amide bonds. The van der Waals surface area contributed by atoms with Crippen molar-refractivity contribution in [3.05, 3.63) is 59.7 Å². The van der Waals surface area contributed by atoms with E-state index < -0.39 is 0 Å². The minimum absolute atomic E-state index is 0.0769. The van der Waals surface area contributed by atoms with E-state index in [9.17, 15) is 0 Å². The van der Waals surface area contributed by atoms with Gasteiger partial charge in [0, 0.05) is 12.2 Å². The second kappa shape index (κ2) is 7.35. The zero-order valence-corrected chi connectivity index (χ0v) is 12.5. The van der Waals surface area contributed by atoms with Crippen molar-refractivity contribution in [3.8, 4) is 11.8 Å². The second-order valence-corrected chi connectivity index (χ2v) is 5.22. The van der Waals surface area contributed by atoms with E-state index in [1.165, 1.54) is 5.56 Å². The zero-order chi connectivity index (χ0) is 15.1. The first kappa shape index (κ1) is 14.9. The lowest BCUT2D eigenvalue weighted by Gasteiger charge is -2.10. The lowest BCUT2D eigenvalue weighted by molar-refractivity contribution is 0.368. The van der Waals surface area contributed by atoms with Crippen LogP contribution in [0.3, 0.4) is 0 Å². The fraction of sp³-hybridized carbons (Fsp3) is 0.278. The minimum Gasteiger partial charge on any atom is -0.479 e. The highest BCUT2D eigenvalue weighted by Gasteiger charge is 2.00. The molecule has 21 heavy (non-hydrogen) atoms. The molecule has 0 aromatic heterocycles. The third-order valence-electron chi connectivity index (χ3n) is 3.28. The Bertz CT molecular complexity index is 612. The Morgan fingerprint density at radius 1 is 1.14 bits per heavy atom. The molecule has 0 saturated heterocycles. The molecular formula is C18H20N2O. The molecule has 0 fully saturated rings. The normalized spacial score (nSPS) is 10.2. The summed E-state index contributed by atoms with van der Waals surface area (Å²) in [5.41, 5.74) is 3.56. The maximum atomic E-state index is 8.52. The van der Waals surface area contributed by atoms with E-state index in [1.54, 1.807) is 0 Å². The number of nitriles is 1. The van der Waals surface area contributed by atoms with Crippen LogP contribution in [0, 0.1) is 11.3 Å². The number of hydrogen-bond donors (Lipinski definition) is 1. The first-order chi connectivity index (χ1) is 10.2. The average Bonchev–Trinajstić information content (AvgIpc) is 2.52. The van der Waals surface area contributed by atoms with Gasteiger partial charge < -0.3 is 10.1 Å². The summed E-state index contributed by atoms with van der Waals surface area (Å²) in [7, 11) is 0. The Hall–Kier alpha value is -2.47. The molecule has 0 atom stereocenters. The van der Waals surface area contributed by atoms with Gasteiger partial charge in [0.15, 0.2) is 6.61 Å². The number of nitrogens with one attached hydrogen (secondary N) is 1. The molecule has 3 heteroatoms. The summed E-state index contributed by atoms with van der Waals surface area (Å²) >= 11 is 0. The van der Waals surface area contributed by atoms with Crippen molar-refractivity contribution < 1.29 is 4.74 Å². The molecule has 3 nitrogen and oxygen atoms in total. The van der Waals surface area contributed by atoms with Crippen LogP contribution in [0.1, 0.15) is 30.9 Å². The Morgan fingerprint density at radius 2 is 1.90 bits per heavy atom. The van der Waals surface area contributed by atoms with Gasteiger partial charge in [-0.1, -0.05) is 38.1 Å². The van der Waals surface area contributed by atoms with Gasteiger partial charge in [0.1, 0.15) is 11.8 Å². The average molecular weight is 280 g/mol. The Morgan fingerprint density at radius 3 is 2.57 bits per heavy atom. The van der Waals surface area contributed by atoms with Gasteiger partial charge in [-0.15, -0.1) is 0 Å². The third-order valence-corrected chi connectivity index (χ3v) is 3.28. The highest BCUT2D eigenvalue weighted by molar-refractivity contribution is 5.46. The molecule has 0 saturated carbocycles. The number of rotatable bonds is 6. The van der Waals surface area contributed by atoms with Crippen LogP contribution in [0.5, 0.6) is 5.75 Å². The monoisotopic (exact) mass is 280 g/mol. The largest absolute Gasteiger partial charge is 0.479 e. The van der Waals surface area contributed by atoms with Gasteiger partial charge in [0.2, 0.25) is 0 Å². The van der Waals surface area contributed by atoms with Crippen LogP contribution in [0.15, 0.2) is 48.5 Å². The molecule has 0 bridgehead atoms. The van der Waals surface area contributed by atoms with Gasteiger partial charge in [0.05, 0.1) is 0 Å². The van der Waals surface area contributed by atoms with Crippen LogP contribution in [0.4, 0.5) is 5.69 Å². The van der Waals surface area contributed by atoms with Crippen molar-refractivity contribution >= 4 is 5.69 Å². The summed E-state index contributed by atoms with van der Waals surface area (Å²) in [5, 5.41) is 11.9. The molecule has 0 aliphatic carbocycles. The molecule has 108 valence electrons. The summed E-state index contributed by atoms with van der Waals surface area (Å²) in [5.74, 6) is 1.28. The number of hydrogen-bond acceptors (Lipinski definition) is 3. The van der Waals surface area contributed by atoms with Crippen LogP contribution < -0.4 is 10.1 Å².